The molecule has 0 bridgehead atoms. The number of fused-ring (bicyclic) bond motifs is 1. The second-order valence-electron chi connectivity index (χ2n) is 6.23. The van der Waals surface area contributed by atoms with Crippen LogP contribution in [0.3, 0.4) is 0 Å². The Kier molecular flexibility index (Phi) is 5.20. The van der Waals surface area contributed by atoms with Crippen molar-refractivity contribution < 1.29 is 18.7 Å². The molecule has 146 valence electrons. The maximum Gasteiger partial charge on any atom is 0.344 e. The van der Waals surface area contributed by atoms with Crippen molar-refractivity contribution in [2.75, 3.05) is 13.2 Å². The average Bonchev–Trinajstić information content (AvgIpc) is 3.13. The fraction of sp³-hybridized carbons (Fsp3) is 0.136. The van der Waals surface area contributed by atoms with Gasteiger partial charge in [0.2, 0.25) is 0 Å². The number of hydrogen-bond acceptors (Lipinski definition) is 5. The second kappa shape index (κ2) is 8.10. The third-order valence-corrected chi connectivity index (χ3v) is 4.28. The first-order chi connectivity index (χ1) is 14.2. The van der Waals surface area contributed by atoms with E-state index in [0.29, 0.717) is 23.7 Å². The van der Waals surface area contributed by atoms with E-state index in [1.54, 1.807) is 42.1 Å². The van der Waals surface area contributed by atoms with Gasteiger partial charge in [-0.15, -0.1) is 0 Å². The number of aromatic nitrogens is 3. The lowest BCUT2D eigenvalue weighted by atomic mass is 10.1. The lowest BCUT2D eigenvalue weighted by Crippen LogP contribution is -2.14. The van der Waals surface area contributed by atoms with E-state index in [9.17, 15) is 9.18 Å². The van der Waals surface area contributed by atoms with E-state index in [1.165, 1.54) is 12.1 Å². The lowest BCUT2D eigenvalue weighted by Gasteiger charge is -2.08. The van der Waals surface area contributed by atoms with Crippen LogP contribution in [0.15, 0.2) is 66.9 Å². The average molecular weight is 391 g/mol. The van der Waals surface area contributed by atoms with Gasteiger partial charge in [0, 0.05) is 23.2 Å². The zero-order valence-electron chi connectivity index (χ0n) is 15.7. The van der Waals surface area contributed by atoms with Crippen LogP contribution in [0.25, 0.3) is 28.0 Å². The smallest absolute Gasteiger partial charge is 0.344 e. The molecule has 0 N–H and O–H groups in total. The van der Waals surface area contributed by atoms with Crippen LogP contribution in [0.2, 0.25) is 0 Å². The molecule has 0 amide bonds. The zero-order valence-corrected chi connectivity index (χ0v) is 15.7. The molecule has 0 saturated heterocycles. The summed E-state index contributed by atoms with van der Waals surface area (Å²) in [6.45, 7) is 1.88. The maximum atomic E-state index is 13.3. The van der Waals surface area contributed by atoms with Crippen LogP contribution >= 0.6 is 0 Å². The number of hydrogen-bond donors (Lipinski definition) is 0. The molecule has 2 aromatic carbocycles. The normalized spacial score (nSPS) is 10.8. The fourth-order valence-electron chi connectivity index (χ4n) is 3.00. The number of halogens is 1. The molecule has 0 atom stereocenters. The van der Waals surface area contributed by atoms with E-state index in [2.05, 4.69) is 4.98 Å². The predicted molar refractivity (Wildman–Crippen MR) is 106 cm³/mol. The third kappa shape index (κ3) is 3.94. The standard InChI is InChI=1S/C22H18FN3O3/c1-2-28-20(27)14-29-18-6-3-5-17(13-18)26-22-19(7-4-12-24-22)21(25-26)15-8-10-16(23)11-9-15/h3-13H,2,14H2,1H3. The fourth-order valence-corrected chi connectivity index (χ4v) is 3.00. The van der Waals surface area contributed by atoms with E-state index >= 15 is 0 Å². The molecule has 0 aliphatic rings. The van der Waals surface area contributed by atoms with E-state index in [4.69, 9.17) is 14.6 Å². The monoisotopic (exact) mass is 391 g/mol. The van der Waals surface area contributed by atoms with Crippen LogP contribution in [0.5, 0.6) is 5.75 Å². The molecule has 0 unspecified atom stereocenters. The Morgan fingerprint density at radius 2 is 1.93 bits per heavy atom. The number of rotatable bonds is 6. The predicted octanol–water partition coefficient (Wildman–Crippen LogP) is 4.17. The highest BCUT2D eigenvalue weighted by atomic mass is 19.1. The molecule has 0 aliphatic carbocycles. The number of carbonyl (C=O) groups excluding carboxylic acids is 1. The molecular weight excluding hydrogens is 373 g/mol. The Hall–Kier alpha value is -3.74. The van der Waals surface area contributed by atoms with Crippen molar-refractivity contribution in [3.63, 3.8) is 0 Å². The van der Waals surface area contributed by atoms with Gasteiger partial charge in [-0.05, 0) is 55.5 Å². The van der Waals surface area contributed by atoms with E-state index < -0.39 is 5.97 Å². The highest BCUT2D eigenvalue weighted by molar-refractivity contribution is 5.92. The molecule has 0 saturated carbocycles. The van der Waals surface area contributed by atoms with Crippen molar-refractivity contribution in [1.29, 1.82) is 0 Å². The molecule has 4 rings (SSSR count). The molecule has 0 radical (unpaired) electrons. The minimum absolute atomic E-state index is 0.170. The summed E-state index contributed by atoms with van der Waals surface area (Å²) < 4.78 is 25.4. The largest absolute Gasteiger partial charge is 0.482 e. The molecule has 0 spiro atoms. The first-order valence-corrected chi connectivity index (χ1v) is 9.14. The summed E-state index contributed by atoms with van der Waals surface area (Å²) in [4.78, 5) is 16.0. The van der Waals surface area contributed by atoms with Crippen LogP contribution in [-0.2, 0) is 9.53 Å². The molecular formula is C22H18FN3O3. The van der Waals surface area contributed by atoms with Crippen LogP contribution in [0.1, 0.15) is 6.92 Å². The molecule has 0 aliphatic heterocycles. The first kappa shape index (κ1) is 18.6. The Morgan fingerprint density at radius 1 is 1.10 bits per heavy atom. The van der Waals surface area contributed by atoms with Crippen molar-refractivity contribution in [2.24, 2.45) is 0 Å². The number of ether oxygens (including phenoxy) is 2. The Morgan fingerprint density at radius 3 is 2.72 bits per heavy atom. The summed E-state index contributed by atoms with van der Waals surface area (Å²) in [5.41, 5.74) is 2.88. The topological polar surface area (TPSA) is 66.2 Å². The van der Waals surface area contributed by atoms with Gasteiger partial charge in [-0.2, -0.15) is 5.10 Å². The highest BCUT2D eigenvalue weighted by Crippen LogP contribution is 2.29. The third-order valence-electron chi connectivity index (χ3n) is 4.28. The van der Waals surface area contributed by atoms with Gasteiger partial charge >= 0.3 is 5.97 Å². The van der Waals surface area contributed by atoms with Crippen molar-refractivity contribution >= 4 is 17.0 Å². The van der Waals surface area contributed by atoms with Gasteiger partial charge < -0.3 is 9.47 Å². The Balaban J connectivity index is 1.72. The quantitative estimate of drug-likeness (QED) is 0.462. The summed E-state index contributed by atoms with van der Waals surface area (Å²) in [6, 6.07) is 17.1. The van der Waals surface area contributed by atoms with Crippen LogP contribution in [0, 0.1) is 5.82 Å². The number of carbonyl (C=O) groups is 1. The summed E-state index contributed by atoms with van der Waals surface area (Å²) in [5.74, 6) is -0.219. The molecule has 0 fully saturated rings. The van der Waals surface area contributed by atoms with E-state index in [-0.39, 0.29) is 12.4 Å². The van der Waals surface area contributed by atoms with E-state index in [0.717, 1.165) is 16.6 Å². The van der Waals surface area contributed by atoms with Crippen LogP contribution < -0.4 is 4.74 Å². The summed E-state index contributed by atoms with van der Waals surface area (Å²) in [7, 11) is 0. The minimum Gasteiger partial charge on any atom is -0.482 e. The minimum atomic E-state index is -0.428. The number of esters is 1. The van der Waals surface area contributed by atoms with Crippen LogP contribution in [0.4, 0.5) is 4.39 Å². The molecule has 7 heteroatoms. The van der Waals surface area contributed by atoms with Gasteiger partial charge in [-0.1, -0.05) is 6.07 Å². The molecule has 2 heterocycles. The van der Waals surface area contributed by atoms with Gasteiger partial charge in [0.05, 0.1) is 12.3 Å². The number of nitrogens with zero attached hydrogens (tertiary/aromatic N) is 3. The molecule has 4 aromatic rings. The molecule has 29 heavy (non-hydrogen) atoms. The van der Waals surface area contributed by atoms with Gasteiger partial charge in [0.25, 0.3) is 0 Å². The van der Waals surface area contributed by atoms with Gasteiger partial charge in [-0.3, -0.25) is 0 Å². The van der Waals surface area contributed by atoms with Gasteiger partial charge in [-0.25, -0.2) is 18.9 Å². The summed E-state index contributed by atoms with van der Waals surface area (Å²) in [5, 5.41) is 5.55. The number of benzene rings is 2. The van der Waals surface area contributed by atoms with E-state index in [1.807, 2.05) is 24.3 Å². The Labute approximate surface area is 166 Å². The second-order valence-corrected chi connectivity index (χ2v) is 6.23. The van der Waals surface area contributed by atoms with Crippen LogP contribution in [-0.4, -0.2) is 33.9 Å². The number of pyridine rings is 1. The van der Waals surface area contributed by atoms with Gasteiger partial charge in [0.15, 0.2) is 12.3 Å². The summed E-state index contributed by atoms with van der Waals surface area (Å²) >= 11 is 0. The van der Waals surface area contributed by atoms with Gasteiger partial charge in [0.1, 0.15) is 17.3 Å². The highest BCUT2D eigenvalue weighted by Gasteiger charge is 2.15. The maximum absolute atomic E-state index is 13.3. The summed E-state index contributed by atoms with van der Waals surface area (Å²) in [6.07, 6.45) is 1.69. The first-order valence-electron chi connectivity index (χ1n) is 9.14. The Bertz CT molecular complexity index is 1160. The van der Waals surface area contributed by atoms with Crippen molar-refractivity contribution in [1.82, 2.24) is 14.8 Å². The molecule has 6 nitrogen and oxygen atoms in total. The SMILES string of the molecule is CCOC(=O)COc1cccc(-n2nc(-c3ccc(F)cc3)c3cccnc32)c1. The molecule has 2 aromatic heterocycles. The zero-order chi connectivity index (χ0) is 20.2. The van der Waals surface area contributed by atoms with Crippen molar-refractivity contribution in [3.8, 4) is 22.7 Å². The van der Waals surface area contributed by atoms with Crippen molar-refractivity contribution in [2.45, 2.75) is 6.92 Å². The van der Waals surface area contributed by atoms with Crippen molar-refractivity contribution in [3.05, 3.63) is 72.7 Å². The lowest BCUT2D eigenvalue weighted by molar-refractivity contribution is -0.145.